The second kappa shape index (κ2) is 7.27. The van der Waals surface area contributed by atoms with Gasteiger partial charge >= 0.3 is 6.03 Å². The highest BCUT2D eigenvalue weighted by Crippen LogP contribution is 2.00. The van der Waals surface area contributed by atoms with Gasteiger partial charge in [-0.2, -0.15) is 0 Å². The van der Waals surface area contributed by atoms with Crippen LogP contribution in [0.1, 0.15) is 27.2 Å². The normalized spacial score (nSPS) is 14.7. The van der Waals surface area contributed by atoms with Crippen LogP contribution in [-0.4, -0.2) is 38.5 Å². The molecule has 0 rings (SSSR count). The minimum Gasteiger partial charge on any atom is -0.336 e. The maximum absolute atomic E-state index is 11.6. The zero-order valence-corrected chi connectivity index (χ0v) is 12.2. The molecule has 0 aliphatic carbocycles. The highest BCUT2D eigenvalue weighted by Gasteiger charge is 2.15. The van der Waals surface area contributed by atoms with Crippen LogP contribution < -0.4 is 10.6 Å². The van der Waals surface area contributed by atoms with E-state index in [4.69, 9.17) is 6.42 Å². The zero-order valence-electron chi connectivity index (χ0n) is 11.4. The third kappa shape index (κ3) is 7.96. The van der Waals surface area contributed by atoms with Crippen molar-refractivity contribution in [2.75, 3.05) is 12.0 Å². The number of terminal acetylenes is 1. The van der Waals surface area contributed by atoms with Gasteiger partial charge in [0.25, 0.3) is 0 Å². The first-order valence-electron chi connectivity index (χ1n) is 5.86. The van der Waals surface area contributed by atoms with Crippen molar-refractivity contribution in [2.24, 2.45) is 5.92 Å². The van der Waals surface area contributed by atoms with Crippen LogP contribution in [0.25, 0.3) is 0 Å². The standard InChI is InChI=1S/C12H22N2O3S/c1-6-11(9(2)3)14-12(15)13-10(4)7-8-18(5,16)17/h1,9-11H,7-8H2,2-5H3,(H2,13,14,15)/t10-,11+/m0/s1. The average Bonchev–Trinajstić information content (AvgIpc) is 2.21. The molecule has 18 heavy (non-hydrogen) atoms. The third-order valence-corrected chi connectivity index (χ3v) is 3.41. The molecule has 2 amide bonds. The van der Waals surface area contributed by atoms with Gasteiger partial charge in [0.15, 0.2) is 0 Å². The van der Waals surface area contributed by atoms with Crippen LogP contribution in [0.15, 0.2) is 0 Å². The van der Waals surface area contributed by atoms with E-state index in [2.05, 4.69) is 16.6 Å². The SMILES string of the molecule is C#C[C@@H](NC(=O)N[C@@H](C)CCS(C)(=O)=O)C(C)C. The molecule has 0 spiro atoms. The molecular formula is C12H22N2O3S. The lowest BCUT2D eigenvalue weighted by Crippen LogP contribution is -2.47. The molecule has 0 fully saturated rings. The quantitative estimate of drug-likeness (QED) is 0.702. The first-order chi connectivity index (χ1) is 8.15. The number of hydrogen-bond acceptors (Lipinski definition) is 3. The number of carbonyl (C=O) groups is 1. The number of nitrogens with one attached hydrogen (secondary N) is 2. The van der Waals surface area contributed by atoms with Gasteiger partial charge in [-0.15, -0.1) is 6.42 Å². The number of rotatable bonds is 6. The molecule has 0 aliphatic heterocycles. The van der Waals surface area contributed by atoms with Crippen LogP contribution in [0.5, 0.6) is 0 Å². The first-order valence-corrected chi connectivity index (χ1v) is 7.92. The van der Waals surface area contributed by atoms with E-state index in [1.54, 1.807) is 6.92 Å². The van der Waals surface area contributed by atoms with Gasteiger partial charge in [0.2, 0.25) is 0 Å². The highest BCUT2D eigenvalue weighted by molar-refractivity contribution is 7.90. The van der Waals surface area contributed by atoms with Crippen molar-refractivity contribution in [1.29, 1.82) is 0 Å². The van der Waals surface area contributed by atoms with Crippen molar-refractivity contribution in [3.63, 3.8) is 0 Å². The fourth-order valence-corrected chi connectivity index (χ4v) is 2.05. The molecule has 104 valence electrons. The van der Waals surface area contributed by atoms with Crippen molar-refractivity contribution in [3.05, 3.63) is 0 Å². The van der Waals surface area contributed by atoms with Gasteiger partial charge in [-0.05, 0) is 19.3 Å². The number of urea groups is 1. The molecule has 2 atom stereocenters. The molecular weight excluding hydrogens is 252 g/mol. The summed E-state index contributed by atoms with van der Waals surface area (Å²) in [4.78, 5) is 11.6. The predicted octanol–water partition coefficient (Wildman–Crippen LogP) is 0.767. The molecule has 0 bridgehead atoms. The zero-order chi connectivity index (χ0) is 14.3. The Morgan fingerprint density at radius 1 is 1.28 bits per heavy atom. The highest BCUT2D eigenvalue weighted by atomic mass is 32.2. The van der Waals surface area contributed by atoms with Crippen LogP contribution in [0.3, 0.4) is 0 Å². The molecule has 6 heteroatoms. The topological polar surface area (TPSA) is 75.3 Å². The largest absolute Gasteiger partial charge is 0.336 e. The minimum absolute atomic E-state index is 0.0528. The fourth-order valence-electron chi connectivity index (χ4n) is 1.27. The summed E-state index contributed by atoms with van der Waals surface area (Å²) < 4.78 is 22.0. The fraction of sp³-hybridized carbons (Fsp3) is 0.750. The second-order valence-electron chi connectivity index (χ2n) is 4.83. The van der Waals surface area contributed by atoms with Gasteiger partial charge in [0.1, 0.15) is 9.84 Å². The Balaban J connectivity index is 4.13. The van der Waals surface area contributed by atoms with Crippen LogP contribution in [0.4, 0.5) is 4.79 Å². The maximum atomic E-state index is 11.6. The van der Waals surface area contributed by atoms with Crippen LogP contribution in [-0.2, 0) is 9.84 Å². The summed E-state index contributed by atoms with van der Waals surface area (Å²) in [5.41, 5.74) is 0. The number of hydrogen-bond donors (Lipinski definition) is 2. The van der Waals surface area contributed by atoms with E-state index < -0.39 is 9.84 Å². The first kappa shape index (κ1) is 16.8. The second-order valence-corrected chi connectivity index (χ2v) is 7.09. The lowest BCUT2D eigenvalue weighted by atomic mass is 10.1. The summed E-state index contributed by atoms with van der Waals surface area (Å²) >= 11 is 0. The molecule has 0 aromatic heterocycles. The Labute approximate surface area is 110 Å². The van der Waals surface area contributed by atoms with Crippen molar-refractivity contribution in [3.8, 4) is 12.3 Å². The van der Waals surface area contributed by atoms with E-state index in [0.717, 1.165) is 0 Å². The van der Waals surface area contributed by atoms with E-state index in [9.17, 15) is 13.2 Å². The van der Waals surface area contributed by atoms with Gasteiger partial charge in [-0.1, -0.05) is 19.8 Å². The average molecular weight is 274 g/mol. The molecule has 0 aliphatic rings. The number of sulfone groups is 1. The number of amides is 2. The molecule has 0 aromatic rings. The van der Waals surface area contributed by atoms with Crippen LogP contribution >= 0.6 is 0 Å². The third-order valence-electron chi connectivity index (χ3n) is 2.43. The summed E-state index contributed by atoms with van der Waals surface area (Å²) in [6.45, 7) is 5.58. The van der Waals surface area contributed by atoms with Gasteiger partial charge < -0.3 is 10.6 Å². The lowest BCUT2D eigenvalue weighted by Gasteiger charge is -2.19. The van der Waals surface area contributed by atoms with Gasteiger partial charge in [0, 0.05) is 12.3 Å². The van der Waals surface area contributed by atoms with E-state index in [0.29, 0.717) is 6.42 Å². The van der Waals surface area contributed by atoms with E-state index in [1.807, 2.05) is 13.8 Å². The summed E-state index contributed by atoms with van der Waals surface area (Å²) in [5, 5.41) is 5.32. The Hall–Kier alpha value is -1.22. The Morgan fingerprint density at radius 2 is 1.83 bits per heavy atom. The monoisotopic (exact) mass is 274 g/mol. The Kier molecular flexibility index (Phi) is 6.77. The van der Waals surface area contributed by atoms with Crippen LogP contribution in [0, 0.1) is 18.3 Å². The molecule has 5 nitrogen and oxygen atoms in total. The molecule has 0 saturated heterocycles. The van der Waals surface area contributed by atoms with E-state index >= 15 is 0 Å². The number of carbonyl (C=O) groups excluding carboxylic acids is 1. The maximum Gasteiger partial charge on any atom is 0.315 e. The van der Waals surface area contributed by atoms with Crippen LogP contribution in [0.2, 0.25) is 0 Å². The van der Waals surface area contributed by atoms with Gasteiger partial charge in [-0.25, -0.2) is 13.2 Å². The summed E-state index contributed by atoms with van der Waals surface area (Å²) in [6, 6.07) is -0.912. The van der Waals surface area contributed by atoms with Gasteiger partial charge in [0.05, 0.1) is 11.8 Å². The molecule has 0 saturated carbocycles. The molecule has 0 aromatic carbocycles. The van der Waals surface area contributed by atoms with Crippen molar-refractivity contribution in [2.45, 2.75) is 39.3 Å². The summed E-state index contributed by atoms with van der Waals surface area (Å²) in [7, 11) is -3.00. The van der Waals surface area contributed by atoms with Crippen molar-refractivity contribution < 1.29 is 13.2 Å². The van der Waals surface area contributed by atoms with E-state index in [1.165, 1.54) is 6.26 Å². The molecule has 2 N–H and O–H groups in total. The lowest BCUT2D eigenvalue weighted by molar-refractivity contribution is 0.233. The minimum atomic E-state index is -3.00. The summed E-state index contributed by atoms with van der Waals surface area (Å²) in [5.74, 6) is 2.69. The Bertz CT molecular complexity index is 410. The molecule has 0 radical (unpaired) electrons. The van der Waals surface area contributed by atoms with Crippen molar-refractivity contribution >= 4 is 15.9 Å². The smallest absolute Gasteiger partial charge is 0.315 e. The van der Waals surface area contributed by atoms with Gasteiger partial charge in [-0.3, -0.25) is 0 Å². The molecule has 0 heterocycles. The van der Waals surface area contributed by atoms with E-state index in [-0.39, 0.29) is 29.8 Å². The predicted molar refractivity (Wildman–Crippen MR) is 72.9 cm³/mol. The molecule has 0 unspecified atom stereocenters. The Morgan fingerprint density at radius 3 is 2.22 bits per heavy atom. The van der Waals surface area contributed by atoms with Crippen molar-refractivity contribution in [1.82, 2.24) is 10.6 Å². The summed E-state index contributed by atoms with van der Waals surface area (Å²) in [6.07, 6.45) is 6.85.